The van der Waals surface area contributed by atoms with Crippen LogP contribution in [0.15, 0.2) is 28.7 Å². The topological polar surface area (TPSA) is 12.0 Å². The van der Waals surface area contributed by atoms with Crippen molar-refractivity contribution in [3.8, 4) is 0 Å². The first kappa shape index (κ1) is 14.6. The molecule has 0 spiro atoms. The molecule has 2 heteroatoms. The maximum Gasteiger partial charge on any atom is 0.0210 e. The molecular formula is C18H26BrN. The lowest BCUT2D eigenvalue weighted by Crippen LogP contribution is -2.46. The van der Waals surface area contributed by atoms with Crippen molar-refractivity contribution in [2.45, 2.75) is 69.9 Å². The molecule has 2 fully saturated rings. The zero-order chi connectivity index (χ0) is 13.9. The summed E-state index contributed by atoms with van der Waals surface area (Å²) in [5.41, 5.74) is 1.50. The number of hydrogen-bond donors (Lipinski definition) is 1. The van der Waals surface area contributed by atoms with Crippen LogP contribution in [0.1, 0.15) is 63.4 Å². The lowest BCUT2D eigenvalue weighted by molar-refractivity contribution is 0.214. The number of nitrogens with one attached hydrogen (secondary N) is 1. The van der Waals surface area contributed by atoms with E-state index in [1.165, 1.54) is 55.0 Å². The Bertz CT molecular complexity index is 431. The second-order valence-corrected chi connectivity index (χ2v) is 7.53. The first-order valence-corrected chi connectivity index (χ1v) is 9.06. The molecule has 0 bridgehead atoms. The van der Waals surface area contributed by atoms with Crippen LogP contribution in [0.2, 0.25) is 0 Å². The summed E-state index contributed by atoms with van der Waals surface area (Å²) in [5, 5.41) is 3.90. The van der Waals surface area contributed by atoms with Crippen LogP contribution in [-0.4, -0.2) is 12.1 Å². The van der Waals surface area contributed by atoms with E-state index in [0.717, 1.165) is 23.9 Å². The molecule has 0 aromatic heterocycles. The molecule has 0 heterocycles. The predicted octanol–water partition coefficient (Wildman–Crippen LogP) is 5.25. The van der Waals surface area contributed by atoms with Gasteiger partial charge in [0, 0.05) is 16.6 Å². The molecule has 2 aliphatic carbocycles. The van der Waals surface area contributed by atoms with Crippen LogP contribution in [0, 0.1) is 5.92 Å². The summed E-state index contributed by atoms with van der Waals surface area (Å²) in [6.07, 6.45) is 9.68. The third-order valence-corrected chi connectivity index (χ3v) is 6.10. The molecule has 3 rings (SSSR count). The molecule has 1 aromatic carbocycles. The van der Waals surface area contributed by atoms with Gasteiger partial charge in [0.1, 0.15) is 0 Å². The lowest BCUT2D eigenvalue weighted by Gasteiger charge is -2.40. The minimum atomic E-state index is 0.759. The Labute approximate surface area is 131 Å². The zero-order valence-electron chi connectivity index (χ0n) is 12.4. The Morgan fingerprint density at radius 3 is 2.40 bits per heavy atom. The minimum Gasteiger partial charge on any atom is -0.311 e. The number of hydrogen-bond acceptors (Lipinski definition) is 1. The van der Waals surface area contributed by atoms with Gasteiger partial charge < -0.3 is 5.32 Å². The lowest BCUT2D eigenvalue weighted by atomic mass is 9.75. The Hall–Kier alpha value is -0.340. The SMILES string of the molecule is CCC1CCC(NC2CC(c3ccccc3Br)C2)CC1. The molecule has 0 aliphatic heterocycles. The van der Waals surface area contributed by atoms with Crippen LogP contribution in [0.3, 0.4) is 0 Å². The first-order chi connectivity index (χ1) is 9.76. The third kappa shape index (κ3) is 3.28. The van der Waals surface area contributed by atoms with Crippen molar-refractivity contribution in [3.63, 3.8) is 0 Å². The second kappa shape index (κ2) is 6.62. The zero-order valence-corrected chi connectivity index (χ0v) is 14.0. The van der Waals surface area contributed by atoms with Gasteiger partial charge in [0.15, 0.2) is 0 Å². The highest BCUT2D eigenvalue weighted by Gasteiger charge is 2.33. The predicted molar refractivity (Wildman–Crippen MR) is 89.1 cm³/mol. The van der Waals surface area contributed by atoms with Gasteiger partial charge in [-0.2, -0.15) is 0 Å². The van der Waals surface area contributed by atoms with E-state index >= 15 is 0 Å². The van der Waals surface area contributed by atoms with E-state index < -0.39 is 0 Å². The highest BCUT2D eigenvalue weighted by atomic mass is 79.9. The van der Waals surface area contributed by atoms with Crippen molar-refractivity contribution in [2.24, 2.45) is 5.92 Å². The quantitative estimate of drug-likeness (QED) is 0.791. The molecule has 0 saturated heterocycles. The molecule has 20 heavy (non-hydrogen) atoms. The van der Waals surface area contributed by atoms with Gasteiger partial charge in [0.25, 0.3) is 0 Å². The minimum absolute atomic E-state index is 0.759. The van der Waals surface area contributed by atoms with Crippen LogP contribution in [-0.2, 0) is 0 Å². The van der Waals surface area contributed by atoms with Crippen LogP contribution < -0.4 is 5.32 Å². The summed E-state index contributed by atoms with van der Waals surface area (Å²) >= 11 is 3.68. The van der Waals surface area contributed by atoms with Crippen molar-refractivity contribution >= 4 is 15.9 Å². The summed E-state index contributed by atoms with van der Waals surface area (Å²) in [4.78, 5) is 0. The van der Waals surface area contributed by atoms with Gasteiger partial charge in [-0.25, -0.2) is 0 Å². The Morgan fingerprint density at radius 1 is 1.05 bits per heavy atom. The fourth-order valence-electron chi connectivity index (χ4n) is 3.88. The number of halogens is 1. The fraction of sp³-hybridized carbons (Fsp3) is 0.667. The number of rotatable bonds is 4. The van der Waals surface area contributed by atoms with Gasteiger partial charge in [-0.05, 0) is 62.0 Å². The van der Waals surface area contributed by atoms with Crippen molar-refractivity contribution in [1.29, 1.82) is 0 Å². The molecule has 0 amide bonds. The molecule has 1 aromatic rings. The fourth-order valence-corrected chi connectivity index (χ4v) is 4.49. The molecule has 2 saturated carbocycles. The van der Waals surface area contributed by atoms with E-state index in [2.05, 4.69) is 52.4 Å². The van der Waals surface area contributed by atoms with Gasteiger partial charge in [-0.3, -0.25) is 0 Å². The summed E-state index contributed by atoms with van der Waals surface area (Å²) < 4.78 is 1.28. The highest BCUT2D eigenvalue weighted by Crippen LogP contribution is 2.40. The van der Waals surface area contributed by atoms with Crippen molar-refractivity contribution in [3.05, 3.63) is 34.3 Å². The van der Waals surface area contributed by atoms with Gasteiger partial charge in [0.05, 0.1) is 0 Å². The molecule has 0 atom stereocenters. The van der Waals surface area contributed by atoms with Crippen molar-refractivity contribution in [2.75, 3.05) is 0 Å². The van der Waals surface area contributed by atoms with Gasteiger partial charge in [-0.15, -0.1) is 0 Å². The molecule has 0 unspecified atom stereocenters. The van der Waals surface area contributed by atoms with Crippen molar-refractivity contribution in [1.82, 2.24) is 5.32 Å². The average Bonchev–Trinajstić information content (AvgIpc) is 2.44. The Balaban J connectivity index is 1.44. The van der Waals surface area contributed by atoms with E-state index in [1.54, 1.807) is 0 Å². The largest absolute Gasteiger partial charge is 0.311 e. The van der Waals surface area contributed by atoms with Crippen molar-refractivity contribution < 1.29 is 0 Å². The third-order valence-electron chi connectivity index (χ3n) is 5.38. The van der Waals surface area contributed by atoms with E-state index in [0.29, 0.717) is 0 Å². The van der Waals surface area contributed by atoms with E-state index in [9.17, 15) is 0 Å². The van der Waals surface area contributed by atoms with Gasteiger partial charge in [0.2, 0.25) is 0 Å². The molecule has 2 aliphatic rings. The summed E-state index contributed by atoms with van der Waals surface area (Å²) in [5.74, 6) is 1.76. The van der Waals surface area contributed by atoms with Crippen LogP contribution in [0.5, 0.6) is 0 Å². The summed E-state index contributed by atoms with van der Waals surface area (Å²) in [6, 6.07) is 10.3. The average molecular weight is 336 g/mol. The number of benzene rings is 1. The molecule has 1 nitrogen and oxygen atoms in total. The van der Waals surface area contributed by atoms with Crippen LogP contribution >= 0.6 is 15.9 Å². The molecule has 1 N–H and O–H groups in total. The van der Waals surface area contributed by atoms with Gasteiger partial charge >= 0.3 is 0 Å². The Kier molecular flexibility index (Phi) is 4.83. The first-order valence-electron chi connectivity index (χ1n) is 8.26. The highest BCUT2D eigenvalue weighted by molar-refractivity contribution is 9.10. The summed E-state index contributed by atoms with van der Waals surface area (Å²) in [6.45, 7) is 2.34. The van der Waals surface area contributed by atoms with E-state index in [1.807, 2.05) is 0 Å². The maximum absolute atomic E-state index is 3.90. The van der Waals surface area contributed by atoms with Crippen LogP contribution in [0.4, 0.5) is 0 Å². The maximum atomic E-state index is 3.90. The summed E-state index contributed by atoms with van der Waals surface area (Å²) in [7, 11) is 0. The smallest absolute Gasteiger partial charge is 0.0210 e. The van der Waals surface area contributed by atoms with Gasteiger partial charge in [-0.1, -0.05) is 47.5 Å². The molecule has 0 radical (unpaired) electrons. The monoisotopic (exact) mass is 335 g/mol. The van der Waals surface area contributed by atoms with Crippen LogP contribution in [0.25, 0.3) is 0 Å². The normalized spacial score (nSPS) is 33.7. The Morgan fingerprint density at radius 2 is 1.75 bits per heavy atom. The molecule has 110 valence electrons. The molecular weight excluding hydrogens is 310 g/mol. The van der Waals surface area contributed by atoms with E-state index in [-0.39, 0.29) is 0 Å². The second-order valence-electron chi connectivity index (χ2n) is 6.68. The standard InChI is InChI=1S/C18H26BrN/c1-2-13-7-9-15(10-8-13)20-16-11-14(12-16)17-5-3-4-6-18(17)19/h3-6,13-16,20H,2,7-12H2,1H3. The van der Waals surface area contributed by atoms with E-state index in [4.69, 9.17) is 0 Å².